The lowest BCUT2D eigenvalue weighted by Gasteiger charge is -2.35. The van der Waals surface area contributed by atoms with E-state index in [-0.39, 0.29) is 5.91 Å². The summed E-state index contributed by atoms with van der Waals surface area (Å²) in [6.07, 6.45) is 1.02. The third kappa shape index (κ3) is 5.67. The zero-order valence-corrected chi connectivity index (χ0v) is 16.9. The summed E-state index contributed by atoms with van der Waals surface area (Å²) in [4.78, 5) is 14.0. The zero-order valence-electron chi connectivity index (χ0n) is 14.5. The van der Waals surface area contributed by atoms with Gasteiger partial charge in [-0.2, -0.15) is 17.0 Å². The molecule has 0 radical (unpaired) electrons. The van der Waals surface area contributed by atoms with Crippen molar-refractivity contribution in [2.75, 3.05) is 46.9 Å². The highest BCUT2D eigenvalue weighted by molar-refractivity contribution is 9.10. The highest BCUT2D eigenvalue weighted by Crippen LogP contribution is 2.18. The monoisotopic (exact) mass is 433 g/mol. The van der Waals surface area contributed by atoms with Gasteiger partial charge < -0.3 is 9.64 Å². The third-order valence-corrected chi connectivity index (χ3v) is 6.41. The lowest BCUT2D eigenvalue weighted by atomic mass is 10.2. The second-order valence-electron chi connectivity index (χ2n) is 5.98. The molecule has 1 aromatic carbocycles. The molecule has 0 aliphatic carbocycles. The molecule has 0 atom stereocenters. The van der Waals surface area contributed by atoms with E-state index in [0.29, 0.717) is 45.6 Å². The summed E-state index contributed by atoms with van der Waals surface area (Å²) in [5, 5.41) is 0. The number of ether oxygens (including phenoxy) is 1. The van der Waals surface area contributed by atoms with E-state index in [9.17, 15) is 13.2 Å². The van der Waals surface area contributed by atoms with Gasteiger partial charge in [0.1, 0.15) is 5.75 Å². The van der Waals surface area contributed by atoms with Crippen LogP contribution in [0.4, 0.5) is 0 Å². The first kappa shape index (κ1) is 20.2. The van der Waals surface area contributed by atoms with E-state index in [1.807, 2.05) is 24.3 Å². The minimum Gasteiger partial charge on any atom is -0.494 e. The molecule has 1 amide bonds. The molecular formula is C16H24BrN3O4S. The van der Waals surface area contributed by atoms with Crippen LogP contribution in [0.3, 0.4) is 0 Å². The molecule has 0 aromatic heterocycles. The van der Waals surface area contributed by atoms with Gasteiger partial charge in [-0.1, -0.05) is 22.0 Å². The van der Waals surface area contributed by atoms with Crippen LogP contribution in [0.15, 0.2) is 28.7 Å². The topological polar surface area (TPSA) is 70.2 Å². The molecule has 0 spiro atoms. The van der Waals surface area contributed by atoms with Gasteiger partial charge in [0.05, 0.1) is 6.61 Å². The Kier molecular flexibility index (Phi) is 7.24. The van der Waals surface area contributed by atoms with Gasteiger partial charge in [0, 0.05) is 51.2 Å². The number of amides is 1. The summed E-state index contributed by atoms with van der Waals surface area (Å²) in [6, 6.07) is 7.57. The normalized spacial score (nSPS) is 16.2. The van der Waals surface area contributed by atoms with E-state index in [2.05, 4.69) is 15.9 Å². The lowest BCUT2D eigenvalue weighted by Crippen LogP contribution is -2.53. The Labute approximate surface area is 157 Å². The van der Waals surface area contributed by atoms with Gasteiger partial charge in [-0.15, -0.1) is 0 Å². The average molecular weight is 434 g/mol. The van der Waals surface area contributed by atoms with Crippen molar-refractivity contribution in [3.8, 4) is 5.75 Å². The number of hydrogen-bond acceptors (Lipinski definition) is 4. The van der Waals surface area contributed by atoms with Crippen LogP contribution < -0.4 is 4.74 Å². The van der Waals surface area contributed by atoms with Crippen LogP contribution in [-0.2, 0) is 15.0 Å². The van der Waals surface area contributed by atoms with Gasteiger partial charge in [0.25, 0.3) is 10.2 Å². The first-order valence-electron chi connectivity index (χ1n) is 8.14. The maximum Gasteiger partial charge on any atom is 0.281 e. The van der Waals surface area contributed by atoms with Crippen molar-refractivity contribution < 1.29 is 17.9 Å². The van der Waals surface area contributed by atoms with Gasteiger partial charge >= 0.3 is 0 Å². The quantitative estimate of drug-likeness (QED) is 0.611. The van der Waals surface area contributed by atoms with E-state index in [4.69, 9.17) is 4.74 Å². The van der Waals surface area contributed by atoms with Crippen LogP contribution in [0.2, 0.25) is 0 Å². The van der Waals surface area contributed by atoms with Crippen LogP contribution in [0.5, 0.6) is 5.75 Å². The van der Waals surface area contributed by atoms with E-state index in [1.54, 1.807) is 4.90 Å². The van der Waals surface area contributed by atoms with Crippen molar-refractivity contribution in [2.45, 2.75) is 12.8 Å². The molecule has 2 rings (SSSR count). The predicted octanol–water partition coefficient (Wildman–Crippen LogP) is 1.56. The summed E-state index contributed by atoms with van der Waals surface area (Å²) in [5.74, 6) is 0.809. The summed E-state index contributed by atoms with van der Waals surface area (Å²) >= 11 is 3.38. The largest absolute Gasteiger partial charge is 0.494 e. The Balaban J connectivity index is 1.70. The molecule has 0 unspecified atom stereocenters. The summed E-state index contributed by atoms with van der Waals surface area (Å²) < 4.78 is 33.3. The molecule has 1 heterocycles. The second-order valence-corrected chi connectivity index (χ2v) is 9.04. The van der Waals surface area contributed by atoms with E-state index in [0.717, 1.165) is 10.2 Å². The van der Waals surface area contributed by atoms with Crippen LogP contribution in [0.25, 0.3) is 0 Å². The molecule has 0 saturated carbocycles. The molecule has 1 aliphatic rings. The van der Waals surface area contributed by atoms with Gasteiger partial charge in [-0.05, 0) is 24.6 Å². The number of carbonyl (C=O) groups excluding carboxylic acids is 1. The summed E-state index contributed by atoms with van der Waals surface area (Å²) in [5.41, 5.74) is 0. The Morgan fingerprint density at radius 1 is 1.24 bits per heavy atom. The van der Waals surface area contributed by atoms with Gasteiger partial charge in [-0.3, -0.25) is 4.79 Å². The molecule has 9 heteroatoms. The minimum atomic E-state index is -3.40. The van der Waals surface area contributed by atoms with Crippen molar-refractivity contribution in [1.29, 1.82) is 0 Å². The Bertz CT molecular complexity index is 688. The van der Waals surface area contributed by atoms with Crippen LogP contribution in [0, 0.1) is 0 Å². The first-order valence-corrected chi connectivity index (χ1v) is 10.3. The Hall–Kier alpha value is -1.16. The number of halogens is 1. The fourth-order valence-electron chi connectivity index (χ4n) is 2.53. The SMILES string of the molecule is CN(C)S(=O)(=O)N1CCN(C(=O)CCCOc2cccc(Br)c2)CC1. The fourth-order valence-corrected chi connectivity index (χ4v) is 3.99. The average Bonchev–Trinajstić information content (AvgIpc) is 2.58. The molecule has 1 fully saturated rings. The molecule has 0 N–H and O–H groups in total. The predicted molar refractivity (Wildman–Crippen MR) is 99.6 cm³/mol. The maximum absolute atomic E-state index is 12.2. The highest BCUT2D eigenvalue weighted by atomic mass is 79.9. The maximum atomic E-state index is 12.2. The zero-order chi connectivity index (χ0) is 18.4. The van der Waals surface area contributed by atoms with Gasteiger partial charge in [0.15, 0.2) is 0 Å². The number of rotatable bonds is 7. The Morgan fingerprint density at radius 3 is 2.52 bits per heavy atom. The standard InChI is InChI=1S/C16H24BrN3O4S/c1-18(2)25(22,23)20-10-8-19(9-11-20)16(21)7-4-12-24-15-6-3-5-14(17)13-15/h3,5-6,13H,4,7-12H2,1-2H3. The van der Waals surface area contributed by atoms with Crippen LogP contribution in [0.1, 0.15) is 12.8 Å². The highest BCUT2D eigenvalue weighted by Gasteiger charge is 2.29. The van der Waals surface area contributed by atoms with Crippen molar-refractivity contribution in [2.24, 2.45) is 0 Å². The molecule has 1 aliphatic heterocycles. The van der Waals surface area contributed by atoms with Crippen molar-refractivity contribution >= 4 is 32.0 Å². The first-order chi connectivity index (χ1) is 11.8. The molecule has 25 heavy (non-hydrogen) atoms. The third-order valence-electron chi connectivity index (χ3n) is 3.98. The van der Waals surface area contributed by atoms with Crippen molar-refractivity contribution in [3.05, 3.63) is 28.7 Å². The Morgan fingerprint density at radius 2 is 1.92 bits per heavy atom. The molecule has 0 bridgehead atoms. The van der Waals surface area contributed by atoms with E-state index < -0.39 is 10.2 Å². The lowest BCUT2D eigenvalue weighted by molar-refractivity contribution is -0.132. The van der Waals surface area contributed by atoms with Crippen molar-refractivity contribution in [3.63, 3.8) is 0 Å². The smallest absolute Gasteiger partial charge is 0.281 e. The van der Waals surface area contributed by atoms with Crippen LogP contribution in [-0.4, -0.2) is 74.7 Å². The number of nitrogens with zero attached hydrogens (tertiary/aromatic N) is 3. The number of hydrogen-bond donors (Lipinski definition) is 0. The molecular weight excluding hydrogens is 410 g/mol. The van der Waals surface area contributed by atoms with E-state index >= 15 is 0 Å². The minimum absolute atomic E-state index is 0.0414. The number of piperazine rings is 1. The number of carbonyl (C=O) groups is 1. The van der Waals surface area contributed by atoms with Crippen LogP contribution >= 0.6 is 15.9 Å². The number of benzene rings is 1. The molecule has 140 valence electrons. The van der Waals surface area contributed by atoms with Gasteiger partial charge in [-0.25, -0.2) is 0 Å². The second kappa shape index (κ2) is 8.98. The molecule has 7 nitrogen and oxygen atoms in total. The van der Waals surface area contributed by atoms with E-state index in [1.165, 1.54) is 22.7 Å². The summed E-state index contributed by atoms with van der Waals surface area (Å²) in [6.45, 7) is 2.00. The van der Waals surface area contributed by atoms with Gasteiger partial charge in [0.2, 0.25) is 5.91 Å². The molecule has 1 aromatic rings. The fraction of sp³-hybridized carbons (Fsp3) is 0.562. The van der Waals surface area contributed by atoms with Crippen molar-refractivity contribution in [1.82, 2.24) is 13.5 Å². The molecule has 1 saturated heterocycles. The summed E-state index contributed by atoms with van der Waals surface area (Å²) in [7, 11) is -0.375.